The van der Waals surface area contributed by atoms with E-state index < -0.39 is 9.84 Å². The number of aromatic nitrogens is 2. The van der Waals surface area contributed by atoms with Crippen molar-refractivity contribution in [1.29, 1.82) is 0 Å². The van der Waals surface area contributed by atoms with Gasteiger partial charge >= 0.3 is 6.03 Å². The molecule has 166 valence electrons. The number of benzene rings is 2. The van der Waals surface area contributed by atoms with Gasteiger partial charge in [0.25, 0.3) is 0 Å². The maximum atomic E-state index is 13.2. The van der Waals surface area contributed by atoms with Crippen LogP contribution < -0.4 is 9.64 Å². The zero-order chi connectivity index (χ0) is 22.7. The number of nitrogens with zero attached hydrogens (tertiary/aromatic N) is 4. The van der Waals surface area contributed by atoms with Crippen molar-refractivity contribution in [1.82, 2.24) is 14.9 Å². The van der Waals surface area contributed by atoms with Crippen LogP contribution in [0.2, 0.25) is 5.02 Å². The maximum Gasteiger partial charge on any atom is 0.325 e. The second kappa shape index (κ2) is 9.13. The summed E-state index contributed by atoms with van der Waals surface area (Å²) >= 11 is 6.03. The lowest BCUT2D eigenvalue weighted by molar-refractivity contribution is 0.223. The zero-order valence-electron chi connectivity index (χ0n) is 17.3. The van der Waals surface area contributed by atoms with Crippen molar-refractivity contribution in [3.63, 3.8) is 0 Å². The van der Waals surface area contributed by atoms with E-state index in [0.717, 1.165) is 11.8 Å². The Bertz CT molecular complexity index is 1210. The monoisotopic (exact) mass is 472 g/mol. The number of carbonyl (C=O) groups is 1. The van der Waals surface area contributed by atoms with Crippen LogP contribution in [0.25, 0.3) is 0 Å². The van der Waals surface area contributed by atoms with Crippen LogP contribution in [0.4, 0.5) is 10.5 Å². The molecule has 0 N–H and O–H groups in total. The van der Waals surface area contributed by atoms with Crippen molar-refractivity contribution in [3.8, 4) is 11.5 Å². The van der Waals surface area contributed by atoms with Gasteiger partial charge in [0.1, 0.15) is 21.9 Å². The first-order valence-corrected chi connectivity index (χ1v) is 12.3. The molecule has 10 heteroatoms. The molecule has 3 aromatic rings. The average molecular weight is 473 g/mol. The fourth-order valence-electron chi connectivity index (χ4n) is 3.52. The predicted octanol–water partition coefficient (Wildman–Crippen LogP) is 3.95. The summed E-state index contributed by atoms with van der Waals surface area (Å²) in [6, 6.07) is 13.8. The molecule has 0 aliphatic carbocycles. The number of sulfone groups is 1. The van der Waals surface area contributed by atoms with Gasteiger partial charge in [-0.15, -0.1) is 0 Å². The van der Waals surface area contributed by atoms with Crippen molar-refractivity contribution in [2.45, 2.75) is 6.04 Å². The second-order valence-electron chi connectivity index (χ2n) is 7.47. The maximum absolute atomic E-state index is 13.2. The number of ether oxygens (including phenoxy) is 1. The van der Waals surface area contributed by atoms with Gasteiger partial charge in [-0.3, -0.25) is 4.90 Å². The number of amides is 2. The van der Waals surface area contributed by atoms with Gasteiger partial charge < -0.3 is 9.64 Å². The Morgan fingerprint density at radius 1 is 1.09 bits per heavy atom. The number of urea groups is 1. The number of carbonyl (C=O) groups excluding carboxylic acids is 1. The Morgan fingerprint density at radius 3 is 2.50 bits per heavy atom. The molecule has 0 spiro atoms. The summed E-state index contributed by atoms with van der Waals surface area (Å²) < 4.78 is 29.2. The quantitative estimate of drug-likeness (QED) is 0.517. The lowest BCUT2D eigenvalue weighted by Gasteiger charge is -2.24. The Hall–Kier alpha value is -3.17. The molecule has 32 heavy (non-hydrogen) atoms. The molecule has 2 heterocycles. The van der Waals surface area contributed by atoms with Gasteiger partial charge in [-0.1, -0.05) is 23.7 Å². The number of rotatable bonds is 7. The van der Waals surface area contributed by atoms with Crippen molar-refractivity contribution < 1.29 is 17.9 Å². The van der Waals surface area contributed by atoms with E-state index in [9.17, 15) is 13.2 Å². The van der Waals surface area contributed by atoms with Gasteiger partial charge in [0.2, 0.25) is 0 Å². The molecule has 1 unspecified atom stereocenters. The SMILES string of the molecule is CS(=O)(=O)CCN1CC(c2cccc(Oc3cncnc3)c2)N(c2ccc(Cl)cc2)C1=O. The highest BCUT2D eigenvalue weighted by Gasteiger charge is 2.39. The molecule has 0 bridgehead atoms. The van der Waals surface area contributed by atoms with Gasteiger partial charge in [0, 0.05) is 30.1 Å². The topological polar surface area (TPSA) is 92.7 Å². The normalized spacial score (nSPS) is 16.4. The molecule has 2 aromatic carbocycles. The van der Waals surface area contributed by atoms with Crippen LogP contribution in [0.3, 0.4) is 0 Å². The van der Waals surface area contributed by atoms with E-state index >= 15 is 0 Å². The molecule has 4 rings (SSSR count). The Labute approximate surface area is 191 Å². The van der Waals surface area contributed by atoms with Crippen LogP contribution >= 0.6 is 11.6 Å². The second-order valence-corrected chi connectivity index (χ2v) is 10.2. The molecule has 0 radical (unpaired) electrons. The predicted molar refractivity (Wildman–Crippen MR) is 122 cm³/mol. The molecule has 2 amide bonds. The first-order valence-electron chi connectivity index (χ1n) is 9.84. The third-order valence-corrected chi connectivity index (χ3v) is 6.21. The number of hydrogen-bond donors (Lipinski definition) is 0. The Kier molecular flexibility index (Phi) is 6.29. The molecule has 1 aliphatic rings. The number of halogens is 1. The van der Waals surface area contributed by atoms with Crippen LogP contribution in [0.1, 0.15) is 11.6 Å². The van der Waals surface area contributed by atoms with Crippen molar-refractivity contribution >= 4 is 33.2 Å². The first-order chi connectivity index (χ1) is 15.3. The van der Waals surface area contributed by atoms with Gasteiger partial charge in [-0.25, -0.2) is 23.2 Å². The zero-order valence-corrected chi connectivity index (χ0v) is 18.8. The van der Waals surface area contributed by atoms with E-state index in [2.05, 4.69) is 9.97 Å². The molecule has 1 atom stereocenters. The molecule has 1 saturated heterocycles. The van der Waals surface area contributed by atoms with E-state index in [4.69, 9.17) is 16.3 Å². The minimum absolute atomic E-state index is 0.100. The minimum atomic E-state index is -3.21. The van der Waals surface area contributed by atoms with E-state index in [1.165, 1.54) is 6.33 Å². The van der Waals surface area contributed by atoms with Gasteiger partial charge in [0.15, 0.2) is 5.75 Å². The lowest BCUT2D eigenvalue weighted by Crippen LogP contribution is -2.35. The summed E-state index contributed by atoms with van der Waals surface area (Å²) in [4.78, 5) is 24.3. The highest BCUT2D eigenvalue weighted by atomic mass is 35.5. The lowest BCUT2D eigenvalue weighted by atomic mass is 10.1. The van der Waals surface area contributed by atoms with Crippen molar-refractivity contribution in [3.05, 3.63) is 77.8 Å². The molecular weight excluding hydrogens is 452 g/mol. The fourth-order valence-corrected chi connectivity index (χ4v) is 4.20. The van der Waals surface area contributed by atoms with Crippen LogP contribution in [-0.4, -0.2) is 54.4 Å². The molecule has 0 saturated carbocycles. The number of anilines is 1. The summed E-state index contributed by atoms with van der Waals surface area (Å²) in [6.45, 7) is 0.463. The smallest absolute Gasteiger partial charge is 0.325 e. The highest BCUT2D eigenvalue weighted by molar-refractivity contribution is 7.90. The molecular formula is C22H21ClN4O4S. The van der Waals surface area contributed by atoms with E-state index in [0.29, 0.717) is 28.8 Å². The minimum Gasteiger partial charge on any atom is -0.454 e. The molecule has 1 aliphatic heterocycles. The Balaban J connectivity index is 1.65. The third kappa shape index (κ3) is 5.17. The van der Waals surface area contributed by atoms with E-state index in [1.807, 2.05) is 18.2 Å². The van der Waals surface area contributed by atoms with Gasteiger partial charge in [-0.05, 0) is 42.0 Å². The van der Waals surface area contributed by atoms with E-state index in [-0.39, 0.29) is 24.4 Å². The average Bonchev–Trinajstić information content (AvgIpc) is 3.10. The molecule has 1 fully saturated rings. The van der Waals surface area contributed by atoms with Crippen LogP contribution in [0.5, 0.6) is 11.5 Å². The summed E-state index contributed by atoms with van der Waals surface area (Å²) in [5.41, 5.74) is 1.53. The Morgan fingerprint density at radius 2 is 1.81 bits per heavy atom. The summed E-state index contributed by atoms with van der Waals surface area (Å²) in [7, 11) is -3.21. The van der Waals surface area contributed by atoms with Gasteiger partial charge in [0.05, 0.1) is 24.2 Å². The summed E-state index contributed by atoms with van der Waals surface area (Å²) in [6.07, 6.45) is 5.70. The van der Waals surface area contributed by atoms with Gasteiger partial charge in [-0.2, -0.15) is 0 Å². The largest absolute Gasteiger partial charge is 0.454 e. The fraction of sp³-hybridized carbons (Fsp3) is 0.227. The van der Waals surface area contributed by atoms with Crippen molar-refractivity contribution in [2.24, 2.45) is 0 Å². The summed E-state index contributed by atoms with van der Waals surface area (Å²) in [5, 5.41) is 0.561. The van der Waals surface area contributed by atoms with Crippen LogP contribution in [0.15, 0.2) is 67.3 Å². The van der Waals surface area contributed by atoms with Crippen LogP contribution in [-0.2, 0) is 9.84 Å². The molecule has 8 nitrogen and oxygen atoms in total. The number of hydrogen-bond acceptors (Lipinski definition) is 6. The van der Waals surface area contributed by atoms with Crippen molar-refractivity contribution in [2.75, 3.05) is 30.0 Å². The van der Waals surface area contributed by atoms with E-state index in [1.54, 1.807) is 52.5 Å². The summed E-state index contributed by atoms with van der Waals surface area (Å²) in [5.74, 6) is 0.976. The first kappa shape index (κ1) is 22.0. The third-order valence-electron chi connectivity index (χ3n) is 5.03. The van der Waals surface area contributed by atoms with Crippen LogP contribution in [0, 0.1) is 0 Å². The highest BCUT2D eigenvalue weighted by Crippen LogP contribution is 2.36. The molecule has 1 aromatic heterocycles. The standard InChI is InChI=1S/C22H21ClN4O4S/c1-32(29,30)10-9-26-14-21(27(22(26)28)18-7-5-17(23)6-8-18)16-3-2-4-19(11-16)31-20-12-24-15-25-13-20/h2-8,11-13,15,21H,9-10,14H2,1H3.